The van der Waals surface area contributed by atoms with E-state index in [9.17, 15) is 13.2 Å². The molecule has 0 spiro atoms. The summed E-state index contributed by atoms with van der Waals surface area (Å²) >= 11 is 6.10. The third-order valence-electron chi connectivity index (χ3n) is 3.55. The number of halogens is 1. The van der Waals surface area contributed by atoms with Crippen LogP contribution in [0.25, 0.3) is 0 Å². The summed E-state index contributed by atoms with van der Waals surface area (Å²) in [7, 11) is -3.68. The monoisotopic (exact) mass is 383 g/mol. The van der Waals surface area contributed by atoms with Crippen LogP contribution in [0.4, 0.5) is 0 Å². The van der Waals surface area contributed by atoms with Crippen LogP contribution in [-0.2, 0) is 16.6 Å². The molecular formula is C17H22ClN3O3S. The van der Waals surface area contributed by atoms with Crippen LogP contribution in [0.1, 0.15) is 43.1 Å². The Hall–Kier alpha value is -1.86. The summed E-state index contributed by atoms with van der Waals surface area (Å²) in [6, 6.07) is 7.33. The molecule has 0 radical (unpaired) electrons. The fourth-order valence-electron chi connectivity index (χ4n) is 2.06. The molecule has 136 valence electrons. The standard InChI is InChI=1S/C17H22ClN3O3S/c1-17(2,3)8-9-25(23,24)20-16(22)14-10-19-21(12-14)11-13-6-4-5-7-15(13)18/h4-7,10,12H,8-9,11H2,1-3H3,(H,20,22). The molecule has 8 heteroatoms. The van der Waals surface area contributed by atoms with E-state index in [4.69, 9.17) is 11.6 Å². The van der Waals surface area contributed by atoms with Gasteiger partial charge in [0.15, 0.2) is 0 Å². The first kappa shape index (κ1) is 19.5. The van der Waals surface area contributed by atoms with Crippen molar-refractivity contribution in [3.05, 3.63) is 52.8 Å². The summed E-state index contributed by atoms with van der Waals surface area (Å²) < 4.78 is 27.7. The Morgan fingerprint density at radius 3 is 2.60 bits per heavy atom. The fourth-order valence-corrected chi connectivity index (χ4v) is 3.64. The molecule has 25 heavy (non-hydrogen) atoms. The van der Waals surface area contributed by atoms with E-state index in [0.717, 1.165) is 5.56 Å². The highest BCUT2D eigenvalue weighted by atomic mass is 35.5. The smallest absolute Gasteiger partial charge is 0.267 e. The zero-order valence-electron chi connectivity index (χ0n) is 14.5. The molecule has 1 N–H and O–H groups in total. The second kappa shape index (κ2) is 7.58. The zero-order valence-corrected chi connectivity index (χ0v) is 16.1. The van der Waals surface area contributed by atoms with E-state index >= 15 is 0 Å². The van der Waals surface area contributed by atoms with Crippen LogP contribution in [0.3, 0.4) is 0 Å². The van der Waals surface area contributed by atoms with Crippen LogP contribution in [0.5, 0.6) is 0 Å². The molecule has 0 bridgehead atoms. The first-order valence-electron chi connectivity index (χ1n) is 7.86. The molecule has 0 aliphatic rings. The van der Waals surface area contributed by atoms with Gasteiger partial charge in [0.2, 0.25) is 10.0 Å². The lowest BCUT2D eigenvalue weighted by Gasteiger charge is -2.17. The number of rotatable bonds is 6. The summed E-state index contributed by atoms with van der Waals surface area (Å²) in [5, 5.41) is 4.70. The van der Waals surface area contributed by atoms with Crippen LogP contribution < -0.4 is 4.72 Å². The molecular weight excluding hydrogens is 362 g/mol. The van der Waals surface area contributed by atoms with Gasteiger partial charge in [-0.15, -0.1) is 0 Å². The van der Waals surface area contributed by atoms with Crippen molar-refractivity contribution in [3.63, 3.8) is 0 Å². The van der Waals surface area contributed by atoms with Gasteiger partial charge in [-0.3, -0.25) is 9.48 Å². The largest absolute Gasteiger partial charge is 0.268 e. The first-order chi connectivity index (χ1) is 11.6. The summed E-state index contributed by atoms with van der Waals surface area (Å²) in [5.74, 6) is -0.782. The number of carbonyl (C=O) groups is 1. The summed E-state index contributed by atoms with van der Waals surface area (Å²) in [5.41, 5.74) is 0.917. The second-order valence-corrected chi connectivity index (χ2v) is 9.33. The molecule has 2 rings (SSSR count). The first-order valence-corrected chi connectivity index (χ1v) is 9.89. The Morgan fingerprint density at radius 1 is 1.28 bits per heavy atom. The van der Waals surface area contributed by atoms with Crippen molar-refractivity contribution in [1.82, 2.24) is 14.5 Å². The minimum atomic E-state index is -3.68. The van der Waals surface area contributed by atoms with Crippen molar-refractivity contribution >= 4 is 27.5 Å². The number of aromatic nitrogens is 2. The number of carbonyl (C=O) groups excluding carboxylic acids is 1. The number of amides is 1. The summed E-state index contributed by atoms with van der Waals surface area (Å²) in [6.45, 7) is 6.24. The van der Waals surface area contributed by atoms with E-state index < -0.39 is 15.9 Å². The molecule has 0 aliphatic heterocycles. The maximum Gasteiger partial charge on any atom is 0.267 e. The zero-order chi connectivity index (χ0) is 18.7. The molecule has 0 aliphatic carbocycles. The Bertz CT molecular complexity index is 854. The van der Waals surface area contributed by atoms with E-state index in [1.165, 1.54) is 17.1 Å². The van der Waals surface area contributed by atoms with Crippen LogP contribution in [0.2, 0.25) is 5.02 Å². The average molecular weight is 384 g/mol. The van der Waals surface area contributed by atoms with Gasteiger partial charge in [-0.1, -0.05) is 50.6 Å². The maximum absolute atomic E-state index is 12.1. The molecule has 1 aromatic heterocycles. The van der Waals surface area contributed by atoms with Gasteiger partial charge in [-0.25, -0.2) is 13.1 Å². The maximum atomic E-state index is 12.1. The normalized spacial score (nSPS) is 12.2. The van der Waals surface area contributed by atoms with Crippen molar-refractivity contribution in [2.24, 2.45) is 5.41 Å². The van der Waals surface area contributed by atoms with Crippen molar-refractivity contribution < 1.29 is 13.2 Å². The number of benzene rings is 1. The quantitative estimate of drug-likeness (QED) is 0.831. The lowest BCUT2D eigenvalue weighted by atomic mass is 9.94. The average Bonchev–Trinajstić information content (AvgIpc) is 2.95. The van der Waals surface area contributed by atoms with Crippen LogP contribution in [0.15, 0.2) is 36.7 Å². The highest BCUT2D eigenvalue weighted by Crippen LogP contribution is 2.19. The van der Waals surface area contributed by atoms with E-state index in [2.05, 4.69) is 9.82 Å². The summed E-state index contributed by atoms with van der Waals surface area (Å²) in [4.78, 5) is 12.1. The Kier molecular flexibility index (Phi) is 5.90. The Balaban J connectivity index is 2.02. The molecule has 6 nitrogen and oxygen atoms in total. The lowest BCUT2D eigenvalue weighted by Crippen LogP contribution is -2.33. The van der Waals surface area contributed by atoms with Crippen LogP contribution >= 0.6 is 11.6 Å². The number of nitrogens with zero attached hydrogens (tertiary/aromatic N) is 2. The molecule has 1 heterocycles. The highest BCUT2D eigenvalue weighted by Gasteiger charge is 2.21. The van der Waals surface area contributed by atoms with Gasteiger partial charge in [-0.05, 0) is 23.5 Å². The second-order valence-electron chi connectivity index (χ2n) is 7.08. The predicted octanol–water partition coefficient (Wildman–Crippen LogP) is 3.08. The minimum absolute atomic E-state index is 0.101. The lowest BCUT2D eigenvalue weighted by molar-refractivity contribution is 0.0981. The highest BCUT2D eigenvalue weighted by molar-refractivity contribution is 7.90. The Morgan fingerprint density at radius 2 is 1.96 bits per heavy atom. The van der Waals surface area contributed by atoms with Gasteiger partial charge in [0, 0.05) is 11.2 Å². The Labute approximate surface area is 153 Å². The molecule has 0 fully saturated rings. The van der Waals surface area contributed by atoms with Crippen molar-refractivity contribution in [1.29, 1.82) is 0 Å². The fraction of sp³-hybridized carbons (Fsp3) is 0.412. The molecule has 0 saturated heterocycles. The molecule has 1 aromatic carbocycles. The van der Waals surface area contributed by atoms with Gasteiger partial charge in [0.05, 0.1) is 24.1 Å². The van der Waals surface area contributed by atoms with Crippen LogP contribution in [0, 0.1) is 5.41 Å². The van der Waals surface area contributed by atoms with Crippen molar-refractivity contribution in [2.75, 3.05) is 5.75 Å². The number of hydrogen-bond donors (Lipinski definition) is 1. The van der Waals surface area contributed by atoms with Gasteiger partial charge in [-0.2, -0.15) is 5.10 Å². The van der Waals surface area contributed by atoms with Crippen molar-refractivity contribution in [3.8, 4) is 0 Å². The molecule has 0 saturated carbocycles. The van der Waals surface area contributed by atoms with Crippen molar-refractivity contribution in [2.45, 2.75) is 33.7 Å². The van der Waals surface area contributed by atoms with Crippen LogP contribution in [-0.4, -0.2) is 29.9 Å². The van der Waals surface area contributed by atoms with E-state index in [1.807, 2.05) is 39.0 Å². The topological polar surface area (TPSA) is 81.1 Å². The van der Waals surface area contributed by atoms with Gasteiger partial charge < -0.3 is 0 Å². The molecule has 0 atom stereocenters. The third-order valence-corrected chi connectivity index (χ3v) is 5.16. The molecule has 0 unspecified atom stereocenters. The number of hydrogen-bond acceptors (Lipinski definition) is 4. The van der Waals surface area contributed by atoms with E-state index in [-0.39, 0.29) is 16.7 Å². The van der Waals surface area contributed by atoms with Gasteiger partial charge >= 0.3 is 0 Å². The molecule has 2 aromatic rings. The summed E-state index contributed by atoms with van der Waals surface area (Å²) in [6.07, 6.45) is 3.30. The van der Waals surface area contributed by atoms with E-state index in [0.29, 0.717) is 18.0 Å². The third kappa shape index (κ3) is 6.17. The number of sulfonamides is 1. The predicted molar refractivity (Wildman–Crippen MR) is 98.1 cm³/mol. The molecule has 1 amide bonds. The van der Waals surface area contributed by atoms with Gasteiger partial charge in [0.1, 0.15) is 0 Å². The SMILES string of the molecule is CC(C)(C)CCS(=O)(=O)NC(=O)c1cnn(Cc2ccccc2Cl)c1. The van der Waals surface area contributed by atoms with E-state index in [1.54, 1.807) is 6.07 Å². The van der Waals surface area contributed by atoms with Gasteiger partial charge in [0.25, 0.3) is 5.91 Å². The number of nitrogens with one attached hydrogen (secondary N) is 1. The minimum Gasteiger partial charge on any atom is -0.268 e.